The molecule has 1 aromatic heterocycles. The van der Waals surface area contributed by atoms with Crippen LogP contribution in [0.4, 0.5) is 5.00 Å². The van der Waals surface area contributed by atoms with Crippen molar-refractivity contribution in [3.8, 4) is 11.8 Å². The summed E-state index contributed by atoms with van der Waals surface area (Å²) in [6.07, 6.45) is 5.11. The highest BCUT2D eigenvalue weighted by Crippen LogP contribution is 2.38. The van der Waals surface area contributed by atoms with Gasteiger partial charge < -0.3 is 20.1 Å². The highest BCUT2D eigenvalue weighted by Gasteiger charge is 2.27. The zero-order valence-corrected chi connectivity index (χ0v) is 20.0. The first-order chi connectivity index (χ1) is 16.5. The zero-order valence-electron chi connectivity index (χ0n) is 19.2. The average molecular weight is 482 g/mol. The molecule has 3 rings (SSSR count). The summed E-state index contributed by atoms with van der Waals surface area (Å²) in [6, 6.07) is 8.61. The third-order valence-corrected chi connectivity index (χ3v) is 6.39. The first kappa shape index (κ1) is 25.0. The summed E-state index contributed by atoms with van der Waals surface area (Å²) < 4.78 is 10.6. The molecule has 0 saturated heterocycles. The molecule has 0 spiro atoms. The maximum atomic E-state index is 12.9. The number of hydrogen-bond donors (Lipinski definition) is 2. The molecule has 0 radical (unpaired) electrons. The summed E-state index contributed by atoms with van der Waals surface area (Å²) in [5.41, 5.74) is 1.86. The van der Waals surface area contributed by atoms with Crippen LogP contribution in [0.3, 0.4) is 0 Å². The van der Waals surface area contributed by atoms with Gasteiger partial charge in [-0.15, -0.1) is 11.3 Å². The third-order valence-electron chi connectivity index (χ3n) is 5.18. The number of carbonyl (C=O) groups is 3. The molecule has 9 heteroatoms. The number of aryl methyl sites for hydroxylation is 1. The number of esters is 1. The molecule has 0 saturated carbocycles. The maximum absolute atomic E-state index is 12.9. The highest BCUT2D eigenvalue weighted by molar-refractivity contribution is 7.17. The van der Waals surface area contributed by atoms with E-state index in [1.165, 1.54) is 17.4 Å². The summed E-state index contributed by atoms with van der Waals surface area (Å²) in [5.74, 6) is -0.770. The van der Waals surface area contributed by atoms with Crippen molar-refractivity contribution in [1.82, 2.24) is 5.32 Å². The van der Waals surface area contributed by atoms with Crippen LogP contribution >= 0.6 is 11.3 Å². The van der Waals surface area contributed by atoms with Crippen molar-refractivity contribution in [3.05, 3.63) is 51.4 Å². The Bertz CT molecular complexity index is 1130. The number of rotatable bonds is 9. The second-order valence-electron chi connectivity index (χ2n) is 7.57. The van der Waals surface area contributed by atoms with E-state index >= 15 is 0 Å². The van der Waals surface area contributed by atoms with Gasteiger partial charge in [-0.3, -0.25) is 9.59 Å². The molecule has 8 nitrogen and oxygen atoms in total. The first-order valence-corrected chi connectivity index (χ1v) is 12.0. The van der Waals surface area contributed by atoms with E-state index in [0.29, 0.717) is 28.4 Å². The van der Waals surface area contributed by atoms with Crippen LogP contribution in [0.5, 0.6) is 5.75 Å². The predicted octanol–water partition coefficient (Wildman–Crippen LogP) is 3.86. The summed E-state index contributed by atoms with van der Waals surface area (Å²) in [6.45, 7) is 4.24. The van der Waals surface area contributed by atoms with E-state index < -0.39 is 11.9 Å². The molecule has 34 heavy (non-hydrogen) atoms. The average Bonchev–Trinajstić information content (AvgIpc) is 3.20. The smallest absolute Gasteiger partial charge is 0.341 e. The highest BCUT2D eigenvalue weighted by atomic mass is 32.1. The fourth-order valence-corrected chi connectivity index (χ4v) is 4.89. The lowest BCUT2D eigenvalue weighted by atomic mass is 9.95. The van der Waals surface area contributed by atoms with Gasteiger partial charge in [0, 0.05) is 11.4 Å². The number of fused-ring (bicyclic) bond motifs is 1. The Morgan fingerprint density at radius 3 is 2.56 bits per heavy atom. The lowest BCUT2D eigenvalue weighted by molar-refractivity contribution is -0.123. The lowest BCUT2D eigenvalue weighted by Crippen LogP contribution is -2.28. The standard InChI is InChI=1S/C25H27N3O5S/c1-3-27-21(29)15-33-18-11-9-16(10-12-18)13-17(14-26)23(30)28-24-22(25(31)32-4-2)19-7-5-6-8-20(19)34-24/h9-13H,3-8,15H2,1-2H3,(H,27,29)(H,28,30)/b17-13-. The first-order valence-electron chi connectivity index (χ1n) is 11.2. The van der Waals surface area contributed by atoms with Crippen molar-refractivity contribution in [2.24, 2.45) is 0 Å². The fraction of sp³-hybridized carbons (Fsp3) is 0.360. The van der Waals surface area contributed by atoms with Gasteiger partial charge in [0.2, 0.25) is 0 Å². The van der Waals surface area contributed by atoms with Crippen LogP contribution in [0.2, 0.25) is 0 Å². The fourth-order valence-electron chi connectivity index (χ4n) is 3.62. The summed E-state index contributed by atoms with van der Waals surface area (Å²) in [7, 11) is 0. The van der Waals surface area contributed by atoms with Gasteiger partial charge in [0.25, 0.3) is 11.8 Å². The second-order valence-corrected chi connectivity index (χ2v) is 8.68. The van der Waals surface area contributed by atoms with Crippen molar-refractivity contribution < 1.29 is 23.9 Å². The molecule has 1 heterocycles. The van der Waals surface area contributed by atoms with E-state index in [9.17, 15) is 19.6 Å². The van der Waals surface area contributed by atoms with Crippen LogP contribution in [-0.4, -0.2) is 37.5 Å². The molecule has 1 aliphatic rings. The number of nitrogens with zero attached hydrogens (tertiary/aromatic N) is 1. The van der Waals surface area contributed by atoms with Gasteiger partial charge in [0.15, 0.2) is 6.61 Å². The molecular formula is C25H27N3O5S. The van der Waals surface area contributed by atoms with Gasteiger partial charge >= 0.3 is 5.97 Å². The van der Waals surface area contributed by atoms with Crippen molar-refractivity contribution in [3.63, 3.8) is 0 Å². The van der Waals surface area contributed by atoms with Crippen molar-refractivity contribution >= 4 is 40.2 Å². The van der Waals surface area contributed by atoms with Gasteiger partial charge in [0.05, 0.1) is 12.2 Å². The normalized spacial score (nSPS) is 12.8. The van der Waals surface area contributed by atoms with Crippen LogP contribution < -0.4 is 15.4 Å². The Balaban J connectivity index is 1.75. The van der Waals surface area contributed by atoms with Gasteiger partial charge in [-0.2, -0.15) is 5.26 Å². The molecule has 2 N–H and O–H groups in total. The molecule has 0 bridgehead atoms. The van der Waals surface area contributed by atoms with Crippen molar-refractivity contribution in [1.29, 1.82) is 5.26 Å². The SMILES string of the molecule is CCNC(=O)COc1ccc(/C=C(/C#N)C(=O)Nc2sc3c(c2C(=O)OCC)CCCC3)cc1. The minimum absolute atomic E-state index is 0.0948. The van der Waals surface area contributed by atoms with Crippen molar-refractivity contribution in [2.75, 3.05) is 25.1 Å². The molecule has 1 aromatic carbocycles. The molecule has 1 aliphatic carbocycles. The van der Waals surface area contributed by atoms with E-state index in [1.807, 2.05) is 13.0 Å². The van der Waals surface area contributed by atoms with Crippen LogP contribution in [-0.2, 0) is 27.2 Å². The van der Waals surface area contributed by atoms with Gasteiger partial charge in [-0.25, -0.2) is 4.79 Å². The van der Waals surface area contributed by atoms with E-state index in [0.717, 1.165) is 36.1 Å². The van der Waals surface area contributed by atoms with Crippen LogP contribution in [0, 0.1) is 11.3 Å². The Morgan fingerprint density at radius 1 is 1.15 bits per heavy atom. The van der Waals surface area contributed by atoms with Crippen LogP contribution in [0.25, 0.3) is 6.08 Å². The maximum Gasteiger partial charge on any atom is 0.341 e. The van der Waals surface area contributed by atoms with E-state index in [-0.39, 0.29) is 24.7 Å². The Labute approximate surface area is 202 Å². The van der Waals surface area contributed by atoms with Crippen LogP contribution in [0.1, 0.15) is 53.1 Å². The summed E-state index contributed by atoms with van der Waals surface area (Å²) in [4.78, 5) is 38.1. The zero-order chi connectivity index (χ0) is 24.5. The number of likely N-dealkylation sites (N-methyl/N-ethyl adjacent to an activating group) is 1. The van der Waals surface area contributed by atoms with E-state index in [1.54, 1.807) is 31.2 Å². The monoisotopic (exact) mass is 481 g/mol. The number of thiophene rings is 1. The molecule has 2 amide bonds. The van der Waals surface area contributed by atoms with Crippen LogP contribution in [0.15, 0.2) is 29.8 Å². The minimum Gasteiger partial charge on any atom is -0.484 e. The Hall–Kier alpha value is -3.64. The number of nitriles is 1. The number of ether oxygens (including phenoxy) is 2. The van der Waals surface area contributed by atoms with E-state index in [4.69, 9.17) is 9.47 Å². The van der Waals surface area contributed by atoms with Crippen molar-refractivity contribution in [2.45, 2.75) is 39.5 Å². The Kier molecular flexibility index (Phi) is 8.82. The molecule has 0 fully saturated rings. The van der Waals surface area contributed by atoms with Gasteiger partial charge in [-0.05, 0) is 68.9 Å². The third kappa shape index (κ3) is 6.23. The Morgan fingerprint density at radius 2 is 1.88 bits per heavy atom. The minimum atomic E-state index is -0.594. The number of amides is 2. The molecular weight excluding hydrogens is 454 g/mol. The molecule has 0 atom stereocenters. The topological polar surface area (TPSA) is 118 Å². The molecule has 0 unspecified atom stereocenters. The number of nitrogens with one attached hydrogen (secondary N) is 2. The predicted molar refractivity (Wildman–Crippen MR) is 130 cm³/mol. The van der Waals surface area contributed by atoms with Gasteiger partial charge in [0.1, 0.15) is 22.4 Å². The quantitative estimate of drug-likeness (QED) is 0.319. The molecule has 178 valence electrons. The largest absolute Gasteiger partial charge is 0.484 e. The van der Waals surface area contributed by atoms with E-state index in [2.05, 4.69) is 10.6 Å². The number of hydrogen-bond acceptors (Lipinski definition) is 7. The number of anilines is 1. The summed E-state index contributed by atoms with van der Waals surface area (Å²) >= 11 is 1.37. The second kappa shape index (κ2) is 12.0. The molecule has 2 aromatic rings. The number of carbonyl (C=O) groups excluding carboxylic acids is 3. The lowest BCUT2D eigenvalue weighted by Gasteiger charge is -2.12. The van der Waals surface area contributed by atoms with Gasteiger partial charge in [-0.1, -0.05) is 12.1 Å². The molecule has 0 aliphatic heterocycles. The summed E-state index contributed by atoms with van der Waals surface area (Å²) in [5, 5.41) is 15.4. The number of benzene rings is 1.